The Kier molecular flexibility index (Phi) is 5.38. The number of thiol groups is 1. The molecular formula is C22H29N3O3S. The number of aromatic nitrogens is 2. The molecule has 6 nitrogen and oxygen atoms in total. The zero-order valence-electron chi connectivity index (χ0n) is 17.6. The Morgan fingerprint density at radius 1 is 1.24 bits per heavy atom. The molecule has 2 aromatic rings. The zero-order valence-corrected chi connectivity index (χ0v) is 18.5. The number of hydrogen-bond acceptors (Lipinski definition) is 7. The average Bonchev–Trinajstić information content (AvgIpc) is 3.09. The molecule has 7 heteroatoms. The fourth-order valence-corrected chi connectivity index (χ4v) is 4.60. The Labute approximate surface area is 178 Å². The topological polar surface area (TPSA) is 56.7 Å². The van der Waals surface area contributed by atoms with Gasteiger partial charge >= 0.3 is 0 Å². The maximum Gasteiger partial charge on any atom is 0.257 e. The molecule has 0 aromatic carbocycles. The molecule has 2 aromatic heterocycles. The summed E-state index contributed by atoms with van der Waals surface area (Å²) in [6.07, 6.45) is 2.07. The number of ether oxygens (including phenoxy) is 3. The molecule has 4 rings (SSSR count). The summed E-state index contributed by atoms with van der Waals surface area (Å²) in [6.45, 7) is 9.46. The van der Waals surface area contributed by atoms with Crippen LogP contribution in [0.15, 0.2) is 24.3 Å². The molecule has 0 unspecified atom stereocenters. The summed E-state index contributed by atoms with van der Waals surface area (Å²) < 4.78 is 16.6. The van der Waals surface area contributed by atoms with Crippen molar-refractivity contribution in [2.75, 3.05) is 33.4 Å². The van der Waals surface area contributed by atoms with Gasteiger partial charge in [-0.1, -0.05) is 6.92 Å². The van der Waals surface area contributed by atoms with Crippen molar-refractivity contribution in [2.45, 2.75) is 38.5 Å². The van der Waals surface area contributed by atoms with Gasteiger partial charge in [-0.25, -0.2) is 9.97 Å². The van der Waals surface area contributed by atoms with Crippen LogP contribution in [0.1, 0.15) is 37.2 Å². The highest BCUT2D eigenvalue weighted by atomic mass is 32.1. The van der Waals surface area contributed by atoms with Crippen molar-refractivity contribution < 1.29 is 14.2 Å². The SMILES string of the molecule is COc1cc(C[C@]2(C)CCN([C@@](C)(S)c3ccc4c(n3)OCCO4)C2)cc(C)n1. The minimum Gasteiger partial charge on any atom is -0.484 e. The number of pyridine rings is 2. The second kappa shape index (κ2) is 7.69. The number of methoxy groups -OCH3 is 1. The normalized spacial score (nSPS) is 23.6. The second-order valence-electron chi connectivity index (χ2n) is 8.54. The highest BCUT2D eigenvalue weighted by Gasteiger charge is 2.42. The standard InChI is InChI=1S/C22H29N3O3S/c1-15-11-16(12-19(23-15)26-4)13-21(2)7-8-25(14-21)22(3,29)18-6-5-17-20(24-18)28-10-9-27-17/h5-6,11-12,29H,7-10,13-14H2,1-4H3/t21-,22-/m0/s1. The van der Waals surface area contributed by atoms with Gasteiger partial charge in [0.15, 0.2) is 5.75 Å². The van der Waals surface area contributed by atoms with Crippen LogP contribution in [0, 0.1) is 12.3 Å². The van der Waals surface area contributed by atoms with Gasteiger partial charge in [-0.15, -0.1) is 0 Å². The van der Waals surface area contributed by atoms with E-state index in [1.165, 1.54) is 5.56 Å². The van der Waals surface area contributed by atoms with Gasteiger partial charge in [0.2, 0.25) is 5.88 Å². The van der Waals surface area contributed by atoms with Gasteiger partial charge < -0.3 is 14.2 Å². The van der Waals surface area contributed by atoms with Gasteiger partial charge in [0, 0.05) is 24.8 Å². The van der Waals surface area contributed by atoms with Crippen molar-refractivity contribution >= 4 is 12.6 Å². The lowest BCUT2D eigenvalue weighted by Crippen LogP contribution is -2.40. The fourth-order valence-electron chi connectivity index (χ4n) is 4.30. The second-order valence-corrected chi connectivity index (χ2v) is 9.41. The van der Waals surface area contributed by atoms with Crippen LogP contribution < -0.4 is 14.2 Å². The summed E-state index contributed by atoms with van der Waals surface area (Å²) in [4.78, 5) is 11.0. The van der Waals surface area contributed by atoms with E-state index < -0.39 is 4.87 Å². The van der Waals surface area contributed by atoms with Crippen LogP contribution in [0.25, 0.3) is 0 Å². The van der Waals surface area contributed by atoms with Gasteiger partial charge in [0.05, 0.1) is 12.8 Å². The lowest BCUT2D eigenvalue weighted by Gasteiger charge is -2.36. The van der Waals surface area contributed by atoms with E-state index in [2.05, 4.69) is 29.8 Å². The number of aryl methyl sites for hydroxylation is 1. The van der Waals surface area contributed by atoms with Gasteiger partial charge in [0.25, 0.3) is 5.88 Å². The minimum atomic E-state index is -0.487. The van der Waals surface area contributed by atoms with Gasteiger partial charge in [-0.05, 0) is 55.9 Å². The number of likely N-dealkylation sites (tertiary alicyclic amines) is 1. The number of nitrogens with zero attached hydrogens (tertiary/aromatic N) is 3. The molecule has 0 bridgehead atoms. The minimum absolute atomic E-state index is 0.149. The third-order valence-electron chi connectivity index (χ3n) is 5.89. The predicted octanol–water partition coefficient (Wildman–Crippen LogP) is 3.62. The Bertz CT molecular complexity index is 905. The molecule has 1 saturated heterocycles. The van der Waals surface area contributed by atoms with E-state index in [1.807, 2.05) is 25.1 Å². The largest absolute Gasteiger partial charge is 0.484 e. The first-order valence-corrected chi connectivity index (χ1v) is 10.5. The van der Waals surface area contributed by atoms with Crippen molar-refractivity contribution in [3.05, 3.63) is 41.2 Å². The molecule has 0 spiro atoms. The van der Waals surface area contributed by atoms with Crippen LogP contribution >= 0.6 is 12.6 Å². The Morgan fingerprint density at radius 3 is 2.83 bits per heavy atom. The van der Waals surface area contributed by atoms with Crippen LogP contribution in [0.2, 0.25) is 0 Å². The van der Waals surface area contributed by atoms with Crippen molar-refractivity contribution in [2.24, 2.45) is 5.41 Å². The summed E-state index contributed by atoms with van der Waals surface area (Å²) in [5.74, 6) is 1.95. The quantitative estimate of drug-likeness (QED) is 0.753. The summed E-state index contributed by atoms with van der Waals surface area (Å²) in [5, 5.41) is 0. The molecule has 156 valence electrons. The van der Waals surface area contributed by atoms with Crippen LogP contribution in [0.4, 0.5) is 0 Å². The van der Waals surface area contributed by atoms with Crippen LogP contribution in [0.5, 0.6) is 17.5 Å². The third kappa shape index (κ3) is 4.16. The molecule has 0 N–H and O–H groups in total. The smallest absolute Gasteiger partial charge is 0.257 e. The number of rotatable bonds is 5. The molecule has 2 aliphatic heterocycles. The lowest BCUT2D eigenvalue weighted by atomic mass is 9.83. The third-order valence-corrected chi connectivity index (χ3v) is 6.41. The summed E-state index contributed by atoms with van der Waals surface area (Å²) >= 11 is 5.03. The first kappa shape index (κ1) is 20.3. The van der Waals surface area contributed by atoms with Crippen molar-refractivity contribution in [3.8, 4) is 17.5 Å². The van der Waals surface area contributed by atoms with Crippen LogP contribution in [0.3, 0.4) is 0 Å². The lowest BCUT2D eigenvalue weighted by molar-refractivity contribution is 0.159. The molecule has 1 fully saturated rings. The zero-order chi connectivity index (χ0) is 20.6. The molecule has 0 saturated carbocycles. The fraction of sp³-hybridized carbons (Fsp3) is 0.545. The van der Waals surface area contributed by atoms with E-state index in [9.17, 15) is 0 Å². The molecule has 2 aliphatic rings. The molecule has 0 aliphatic carbocycles. The van der Waals surface area contributed by atoms with Gasteiger partial charge in [0.1, 0.15) is 18.1 Å². The Morgan fingerprint density at radius 2 is 2.03 bits per heavy atom. The van der Waals surface area contributed by atoms with E-state index >= 15 is 0 Å². The molecule has 0 amide bonds. The van der Waals surface area contributed by atoms with Gasteiger partial charge in [-0.3, -0.25) is 4.90 Å². The highest BCUT2D eigenvalue weighted by molar-refractivity contribution is 7.81. The van der Waals surface area contributed by atoms with E-state index in [4.69, 9.17) is 31.8 Å². The molecule has 4 heterocycles. The Hall–Kier alpha value is -1.99. The van der Waals surface area contributed by atoms with E-state index in [0.717, 1.165) is 37.3 Å². The maximum absolute atomic E-state index is 5.67. The molecule has 29 heavy (non-hydrogen) atoms. The summed E-state index contributed by atoms with van der Waals surface area (Å²) in [7, 11) is 1.66. The average molecular weight is 416 g/mol. The van der Waals surface area contributed by atoms with E-state index in [1.54, 1.807) is 7.11 Å². The van der Waals surface area contributed by atoms with Gasteiger partial charge in [-0.2, -0.15) is 12.6 Å². The summed E-state index contributed by atoms with van der Waals surface area (Å²) in [5.41, 5.74) is 3.28. The Balaban J connectivity index is 1.51. The van der Waals surface area contributed by atoms with Crippen LogP contribution in [-0.4, -0.2) is 48.3 Å². The number of hydrogen-bond donors (Lipinski definition) is 1. The van der Waals surface area contributed by atoms with Crippen molar-refractivity contribution in [1.29, 1.82) is 0 Å². The van der Waals surface area contributed by atoms with E-state index in [0.29, 0.717) is 30.7 Å². The first-order valence-electron chi connectivity index (χ1n) is 10.1. The first-order chi connectivity index (χ1) is 13.8. The number of fused-ring (bicyclic) bond motifs is 1. The predicted molar refractivity (Wildman–Crippen MR) is 115 cm³/mol. The molecule has 2 atom stereocenters. The summed E-state index contributed by atoms with van der Waals surface area (Å²) in [6, 6.07) is 8.13. The monoisotopic (exact) mass is 415 g/mol. The highest BCUT2D eigenvalue weighted by Crippen LogP contribution is 2.43. The van der Waals surface area contributed by atoms with Crippen LogP contribution in [-0.2, 0) is 11.3 Å². The maximum atomic E-state index is 5.67. The van der Waals surface area contributed by atoms with Crippen molar-refractivity contribution in [3.63, 3.8) is 0 Å². The van der Waals surface area contributed by atoms with E-state index in [-0.39, 0.29) is 5.41 Å². The van der Waals surface area contributed by atoms with Crippen molar-refractivity contribution in [1.82, 2.24) is 14.9 Å². The molecular weight excluding hydrogens is 386 g/mol. The molecule has 0 radical (unpaired) electrons.